The molecule has 0 saturated carbocycles. The topological polar surface area (TPSA) is 59.0 Å². The zero-order valence-electron chi connectivity index (χ0n) is 22.1. The van der Waals surface area contributed by atoms with Gasteiger partial charge < -0.3 is 19.2 Å². The first kappa shape index (κ1) is 27.0. The predicted octanol–water partition coefficient (Wildman–Crippen LogP) is 5.05. The first-order chi connectivity index (χ1) is 17.5. The standard InChI is InChI=1S/C30H35FNO4Si/c1-20-18-32(19-21(2)35-20)27-25(16-22(29(33)34)17-26(27)31)28(30(3,4)5)36-37(23-12-8-6-9-13-23)24-14-10-7-11-15-24/h6-17,20-21,28H,18-19H2,1-5H3,(H,33,34). The molecule has 0 spiro atoms. The highest BCUT2D eigenvalue weighted by molar-refractivity contribution is 6.80. The van der Waals surface area contributed by atoms with Crippen LogP contribution in [0.15, 0.2) is 72.8 Å². The summed E-state index contributed by atoms with van der Waals surface area (Å²) in [4.78, 5) is 14.0. The Labute approximate surface area is 220 Å². The van der Waals surface area contributed by atoms with E-state index in [1.54, 1.807) is 6.07 Å². The van der Waals surface area contributed by atoms with Gasteiger partial charge in [-0.25, -0.2) is 9.18 Å². The number of hydrogen-bond acceptors (Lipinski definition) is 4. The molecule has 3 aromatic rings. The average Bonchev–Trinajstić information content (AvgIpc) is 2.83. The van der Waals surface area contributed by atoms with Gasteiger partial charge in [-0.05, 0) is 41.8 Å². The van der Waals surface area contributed by atoms with Gasteiger partial charge in [0.15, 0.2) is 0 Å². The van der Waals surface area contributed by atoms with Crippen molar-refractivity contribution in [3.05, 3.63) is 89.7 Å². The molecule has 1 aliphatic heterocycles. The molecule has 7 heteroatoms. The second-order valence-electron chi connectivity index (χ2n) is 10.8. The lowest BCUT2D eigenvalue weighted by Gasteiger charge is -2.41. The average molecular weight is 521 g/mol. The normalized spacial score (nSPS) is 19.2. The number of benzene rings is 3. The van der Waals surface area contributed by atoms with Crippen LogP contribution in [0.4, 0.5) is 10.1 Å². The summed E-state index contributed by atoms with van der Waals surface area (Å²) in [6, 6.07) is 22.8. The van der Waals surface area contributed by atoms with Crippen molar-refractivity contribution in [2.75, 3.05) is 18.0 Å². The Balaban J connectivity index is 1.88. The number of carboxylic acid groups (broad SMARTS) is 1. The van der Waals surface area contributed by atoms with Crippen LogP contribution in [0.2, 0.25) is 0 Å². The maximum Gasteiger partial charge on any atom is 0.335 e. The van der Waals surface area contributed by atoms with Gasteiger partial charge in [-0.3, -0.25) is 0 Å². The van der Waals surface area contributed by atoms with Gasteiger partial charge in [0.2, 0.25) is 0 Å². The number of anilines is 1. The molecule has 1 heterocycles. The summed E-state index contributed by atoms with van der Waals surface area (Å²) in [5.74, 6) is -1.72. The number of morpholine rings is 1. The molecular formula is C30H35FNO4Si. The third-order valence-corrected chi connectivity index (χ3v) is 8.64. The maximum absolute atomic E-state index is 15.8. The first-order valence-corrected chi connectivity index (χ1v) is 14.1. The van der Waals surface area contributed by atoms with E-state index in [0.717, 1.165) is 16.4 Å². The van der Waals surface area contributed by atoms with Crippen LogP contribution >= 0.6 is 0 Å². The van der Waals surface area contributed by atoms with Crippen LogP contribution in [0.3, 0.4) is 0 Å². The Morgan fingerprint density at radius 2 is 1.51 bits per heavy atom. The minimum absolute atomic E-state index is 0.0857. The Morgan fingerprint density at radius 3 is 1.97 bits per heavy atom. The van der Waals surface area contributed by atoms with E-state index < -0.39 is 32.3 Å². The molecule has 4 rings (SSSR count). The highest BCUT2D eigenvalue weighted by atomic mass is 28.3. The van der Waals surface area contributed by atoms with Gasteiger partial charge in [-0.2, -0.15) is 0 Å². The fourth-order valence-electron chi connectivity index (χ4n) is 4.94. The van der Waals surface area contributed by atoms with E-state index in [4.69, 9.17) is 9.16 Å². The lowest BCUT2D eigenvalue weighted by atomic mass is 9.83. The van der Waals surface area contributed by atoms with E-state index in [2.05, 4.69) is 24.3 Å². The Kier molecular flexibility index (Phi) is 8.16. The van der Waals surface area contributed by atoms with E-state index in [0.29, 0.717) is 24.3 Å². The van der Waals surface area contributed by atoms with Gasteiger partial charge in [0, 0.05) is 18.7 Å². The Bertz CT molecular complexity index is 1170. The molecule has 3 aromatic carbocycles. The molecule has 0 aromatic heterocycles. The summed E-state index contributed by atoms with van der Waals surface area (Å²) in [7, 11) is -1.75. The van der Waals surface area contributed by atoms with Crippen molar-refractivity contribution in [2.45, 2.75) is 52.9 Å². The second-order valence-corrected chi connectivity index (χ2v) is 12.8. The molecule has 1 aliphatic rings. The molecule has 1 saturated heterocycles. The molecule has 195 valence electrons. The second kappa shape index (κ2) is 11.2. The number of nitrogens with zero attached hydrogens (tertiary/aromatic N) is 1. The quantitative estimate of drug-likeness (QED) is 0.442. The third kappa shape index (κ3) is 6.29. The minimum atomic E-state index is -1.75. The number of aromatic carboxylic acids is 1. The molecule has 37 heavy (non-hydrogen) atoms. The van der Waals surface area contributed by atoms with Crippen molar-refractivity contribution < 1.29 is 23.5 Å². The zero-order valence-corrected chi connectivity index (χ0v) is 23.1. The van der Waals surface area contributed by atoms with Crippen molar-refractivity contribution >= 4 is 31.1 Å². The summed E-state index contributed by atoms with van der Waals surface area (Å²) in [6.07, 6.45) is -0.742. The highest BCUT2D eigenvalue weighted by Gasteiger charge is 2.37. The summed E-state index contributed by atoms with van der Waals surface area (Å²) < 4.78 is 28.8. The molecule has 0 amide bonds. The van der Waals surface area contributed by atoms with E-state index in [1.807, 2.05) is 75.9 Å². The van der Waals surface area contributed by atoms with Crippen LogP contribution < -0.4 is 15.3 Å². The smallest absolute Gasteiger partial charge is 0.335 e. The third-order valence-electron chi connectivity index (χ3n) is 6.45. The number of halogens is 1. The highest BCUT2D eigenvalue weighted by Crippen LogP contribution is 2.43. The number of carbonyl (C=O) groups is 1. The van der Waals surface area contributed by atoms with E-state index in [1.165, 1.54) is 0 Å². The van der Waals surface area contributed by atoms with Gasteiger partial charge >= 0.3 is 5.97 Å². The molecule has 0 bridgehead atoms. The van der Waals surface area contributed by atoms with Crippen molar-refractivity contribution in [1.82, 2.24) is 0 Å². The van der Waals surface area contributed by atoms with Crippen LogP contribution in [-0.4, -0.2) is 45.4 Å². The predicted molar refractivity (Wildman–Crippen MR) is 147 cm³/mol. The van der Waals surface area contributed by atoms with Crippen molar-refractivity contribution in [2.24, 2.45) is 5.41 Å². The minimum Gasteiger partial charge on any atom is -0.478 e. The molecule has 1 N–H and O–H groups in total. The van der Waals surface area contributed by atoms with Gasteiger partial charge in [0.05, 0.1) is 29.6 Å². The number of carboxylic acids is 1. The fraction of sp³-hybridized carbons (Fsp3) is 0.367. The van der Waals surface area contributed by atoms with Crippen molar-refractivity contribution in [1.29, 1.82) is 0 Å². The van der Waals surface area contributed by atoms with E-state index >= 15 is 4.39 Å². The first-order valence-electron chi connectivity index (χ1n) is 12.7. The van der Waals surface area contributed by atoms with Gasteiger partial charge in [0.25, 0.3) is 9.04 Å². The van der Waals surface area contributed by atoms with Gasteiger partial charge in [-0.15, -0.1) is 0 Å². The van der Waals surface area contributed by atoms with Crippen LogP contribution in [0.25, 0.3) is 0 Å². The summed E-state index contributed by atoms with van der Waals surface area (Å²) in [5.41, 5.74) is 0.410. The SMILES string of the molecule is CC1CN(c2c(F)cc(C(=O)O)cc2C(O[Si](c2ccccc2)c2ccccc2)C(C)(C)C)CC(C)O1. The Morgan fingerprint density at radius 1 is 1.00 bits per heavy atom. The number of rotatable bonds is 7. The number of hydrogen-bond donors (Lipinski definition) is 1. The molecular weight excluding hydrogens is 485 g/mol. The van der Waals surface area contributed by atoms with E-state index in [9.17, 15) is 9.90 Å². The molecule has 0 aliphatic carbocycles. The van der Waals surface area contributed by atoms with Crippen LogP contribution in [0, 0.1) is 11.2 Å². The largest absolute Gasteiger partial charge is 0.478 e. The van der Waals surface area contributed by atoms with Gasteiger partial charge in [-0.1, -0.05) is 81.4 Å². The van der Waals surface area contributed by atoms with Crippen LogP contribution in [0.5, 0.6) is 0 Å². The van der Waals surface area contributed by atoms with Crippen molar-refractivity contribution in [3.8, 4) is 0 Å². The summed E-state index contributed by atoms with van der Waals surface area (Å²) in [6.45, 7) is 11.1. The molecule has 3 atom stereocenters. The van der Waals surface area contributed by atoms with E-state index in [-0.39, 0.29) is 17.8 Å². The lowest BCUT2D eigenvalue weighted by Crippen LogP contribution is -2.48. The molecule has 3 unspecified atom stereocenters. The summed E-state index contributed by atoms with van der Waals surface area (Å²) >= 11 is 0. The fourth-order valence-corrected chi connectivity index (χ4v) is 7.26. The summed E-state index contributed by atoms with van der Waals surface area (Å²) in [5, 5.41) is 11.9. The maximum atomic E-state index is 15.8. The molecule has 5 nitrogen and oxygen atoms in total. The zero-order chi connectivity index (χ0) is 26.7. The van der Waals surface area contributed by atoms with Crippen LogP contribution in [0.1, 0.15) is 56.6 Å². The molecule has 1 fully saturated rings. The molecule has 1 radical (unpaired) electrons. The van der Waals surface area contributed by atoms with Crippen molar-refractivity contribution in [3.63, 3.8) is 0 Å². The van der Waals surface area contributed by atoms with Gasteiger partial charge in [0.1, 0.15) is 5.82 Å². The Hall–Kier alpha value is -3.00. The van der Waals surface area contributed by atoms with Crippen LogP contribution in [-0.2, 0) is 9.16 Å². The monoisotopic (exact) mass is 520 g/mol. The lowest BCUT2D eigenvalue weighted by molar-refractivity contribution is -0.00573. The number of ether oxygens (including phenoxy) is 1.